The van der Waals surface area contributed by atoms with Gasteiger partial charge in [-0.2, -0.15) is 0 Å². The predicted octanol–water partition coefficient (Wildman–Crippen LogP) is 4.94. The number of benzene rings is 3. The van der Waals surface area contributed by atoms with Crippen molar-refractivity contribution in [1.82, 2.24) is 5.32 Å². The number of hydrogen-bond donors (Lipinski definition) is 1. The quantitative estimate of drug-likeness (QED) is 0.347. The summed E-state index contributed by atoms with van der Waals surface area (Å²) in [5.74, 6) is 1.24. The summed E-state index contributed by atoms with van der Waals surface area (Å²) < 4.78 is 45.1. The molecule has 1 atom stereocenters. The zero-order valence-corrected chi connectivity index (χ0v) is 22.9. The summed E-state index contributed by atoms with van der Waals surface area (Å²) in [6.07, 6.45) is 0. The highest BCUT2D eigenvalue weighted by molar-refractivity contribution is 9.10. The van der Waals surface area contributed by atoms with Gasteiger partial charge in [0.25, 0.3) is 10.0 Å². The second-order valence-corrected chi connectivity index (χ2v) is 10.6. The van der Waals surface area contributed by atoms with Crippen molar-refractivity contribution in [2.24, 2.45) is 0 Å². The molecule has 1 amide bonds. The van der Waals surface area contributed by atoms with Crippen molar-refractivity contribution in [3.8, 4) is 17.2 Å². The van der Waals surface area contributed by atoms with Crippen LogP contribution in [-0.2, 0) is 14.8 Å². The molecule has 0 radical (unpaired) electrons. The molecule has 192 valence electrons. The molecule has 0 bridgehead atoms. The minimum Gasteiger partial charge on any atom is -0.494 e. The predicted molar refractivity (Wildman–Crippen MR) is 142 cm³/mol. The van der Waals surface area contributed by atoms with Crippen LogP contribution in [0.15, 0.2) is 76.1 Å². The average molecular weight is 577 g/mol. The van der Waals surface area contributed by atoms with Crippen molar-refractivity contribution >= 4 is 37.5 Å². The first-order valence-corrected chi connectivity index (χ1v) is 13.4. The number of methoxy groups -OCH3 is 2. The molecule has 0 saturated carbocycles. The molecule has 0 unspecified atom stereocenters. The average Bonchev–Trinajstić information content (AvgIpc) is 2.87. The van der Waals surface area contributed by atoms with Gasteiger partial charge in [-0.25, -0.2) is 8.42 Å². The van der Waals surface area contributed by atoms with Crippen LogP contribution >= 0.6 is 15.9 Å². The lowest BCUT2D eigenvalue weighted by Gasteiger charge is -2.25. The summed E-state index contributed by atoms with van der Waals surface area (Å²) >= 11 is 3.32. The minimum atomic E-state index is -4.04. The molecule has 3 rings (SSSR count). The molecule has 0 spiro atoms. The highest BCUT2D eigenvalue weighted by atomic mass is 79.9. The van der Waals surface area contributed by atoms with Gasteiger partial charge >= 0.3 is 0 Å². The third kappa shape index (κ3) is 6.50. The van der Waals surface area contributed by atoms with Crippen LogP contribution in [0.4, 0.5) is 5.69 Å². The third-order valence-electron chi connectivity index (χ3n) is 5.41. The summed E-state index contributed by atoms with van der Waals surface area (Å²) in [7, 11) is -0.957. The Morgan fingerprint density at radius 3 is 2.19 bits per heavy atom. The Hall–Kier alpha value is -3.24. The number of nitrogens with one attached hydrogen (secondary N) is 1. The van der Waals surface area contributed by atoms with Gasteiger partial charge in [-0.3, -0.25) is 9.10 Å². The Morgan fingerprint density at radius 2 is 1.61 bits per heavy atom. The lowest BCUT2D eigenvalue weighted by Crippen LogP contribution is -2.41. The lowest BCUT2D eigenvalue weighted by molar-refractivity contribution is -0.120. The monoisotopic (exact) mass is 576 g/mol. The number of halogens is 1. The van der Waals surface area contributed by atoms with Gasteiger partial charge in [-0.05, 0) is 80.1 Å². The van der Waals surface area contributed by atoms with Gasteiger partial charge in [-0.15, -0.1) is 0 Å². The van der Waals surface area contributed by atoms with E-state index in [2.05, 4.69) is 21.2 Å². The van der Waals surface area contributed by atoms with Crippen molar-refractivity contribution < 1.29 is 27.4 Å². The number of carbonyl (C=O) groups is 1. The van der Waals surface area contributed by atoms with E-state index in [1.807, 2.05) is 19.9 Å². The van der Waals surface area contributed by atoms with E-state index in [0.29, 0.717) is 29.5 Å². The van der Waals surface area contributed by atoms with Gasteiger partial charge in [-0.1, -0.05) is 22.0 Å². The summed E-state index contributed by atoms with van der Waals surface area (Å²) in [4.78, 5) is 13.2. The van der Waals surface area contributed by atoms with Crippen molar-refractivity contribution in [3.63, 3.8) is 0 Å². The SMILES string of the molecule is CCOc1ccc(N(CC(=O)N[C@@H](C)c2ccc(OC)c(OC)c2)S(=O)(=O)c2ccc(Br)cc2)cc1. The van der Waals surface area contributed by atoms with Crippen LogP contribution in [0.2, 0.25) is 0 Å². The van der Waals surface area contributed by atoms with Crippen LogP contribution in [0, 0.1) is 0 Å². The standard InChI is InChI=1S/C26H29BrN2O6S/c1-5-35-22-11-9-21(10-12-22)29(36(31,32)23-13-7-20(27)8-14-23)17-26(30)28-18(2)19-6-15-24(33-3)25(16-19)34-4/h6-16,18H,5,17H2,1-4H3,(H,28,30)/t18-/m0/s1. The molecule has 0 aliphatic rings. The zero-order valence-electron chi connectivity index (χ0n) is 20.5. The second kappa shape index (κ2) is 12.1. The number of nitrogens with zero attached hydrogens (tertiary/aromatic N) is 1. The molecular formula is C26H29BrN2O6S. The number of hydrogen-bond acceptors (Lipinski definition) is 6. The van der Waals surface area contributed by atoms with Gasteiger partial charge in [0.1, 0.15) is 12.3 Å². The van der Waals surface area contributed by atoms with Crippen LogP contribution < -0.4 is 23.8 Å². The minimum absolute atomic E-state index is 0.0697. The lowest BCUT2D eigenvalue weighted by atomic mass is 10.1. The molecule has 0 aliphatic heterocycles. The van der Waals surface area contributed by atoms with Gasteiger partial charge in [0, 0.05) is 4.47 Å². The van der Waals surface area contributed by atoms with Crippen molar-refractivity contribution in [3.05, 3.63) is 76.8 Å². The topological polar surface area (TPSA) is 94.2 Å². The molecular weight excluding hydrogens is 548 g/mol. The number of sulfonamides is 1. The number of amides is 1. The van der Waals surface area contributed by atoms with Gasteiger partial charge in [0.15, 0.2) is 11.5 Å². The van der Waals surface area contributed by atoms with E-state index in [4.69, 9.17) is 14.2 Å². The third-order valence-corrected chi connectivity index (χ3v) is 7.73. The Bertz CT molecular complexity index is 1280. The van der Waals surface area contributed by atoms with Crippen LogP contribution in [0.3, 0.4) is 0 Å². The molecule has 0 fully saturated rings. The fourth-order valence-electron chi connectivity index (χ4n) is 3.55. The van der Waals surface area contributed by atoms with Crippen molar-refractivity contribution in [2.45, 2.75) is 24.8 Å². The van der Waals surface area contributed by atoms with Crippen LogP contribution in [0.1, 0.15) is 25.5 Å². The molecule has 0 aromatic heterocycles. The first kappa shape index (κ1) is 27.3. The molecule has 0 aliphatic carbocycles. The van der Waals surface area contributed by atoms with E-state index in [9.17, 15) is 13.2 Å². The van der Waals surface area contributed by atoms with E-state index in [1.165, 1.54) is 19.2 Å². The normalized spacial score (nSPS) is 11.9. The molecule has 36 heavy (non-hydrogen) atoms. The van der Waals surface area contributed by atoms with E-state index in [-0.39, 0.29) is 4.90 Å². The summed E-state index contributed by atoms with van der Waals surface area (Å²) in [6.45, 7) is 3.74. The fourth-order valence-corrected chi connectivity index (χ4v) is 5.23. The maximum absolute atomic E-state index is 13.6. The first-order chi connectivity index (χ1) is 17.2. The molecule has 8 nitrogen and oxygen atoms in total. The number of carbonyl (C=O) groups excluding carboxylic acids is 1. The fraction of sp³-hybridized carbons (Fsp3) is 0.269. The van der Waals surface area contributed by atoms with Gasteiger partial charge < -0.3 is 19.5 Å². The van der Waals surface area contributed by atoms with Gasteiger partial charge in [0.2, 0.25) is 5.91 Å². The molecule has 1 N–H and O–H groups in total. The Kier molecular flexibility index (Phi) is 9.22. The molecule has 3 aromatic carbocycles. The summed E-state index contributed by atoms with van der Waals surface area (Å²) in [5, 5.41) is 2.88. The number of rotatable bonds is 11. The highest BCUT2D eigenvalue weighted by Crippen LogP contribution is 2.30. The van der Waals surface area contributed by atoms with E-state index in [0.717, 1.165) is 14.3 Å². The number of anilines is 1. The molecule has 0 saturated heterocycles. The first-order valence-electron chi connectivity index (χ1n) is 11.2. The highest BCUT2D eigenvalue weighted by Gasteiger charge is 2.28. The Balaban J connectivity index is 1.88. The zero-order chi connectivity index (χ0) is 26.3. The van der Waals surface area contributed by atoms with Crippen molar-refractivity contribution in [1.29, 1.82) is 0 Å². The maximum Gasteiger partial charge on any atom is 0.264 e. The molecule has 3 aromatic rings. The number of ether oxygens (including phenoxy) is 3. The van der Waals surface area contributed by atoms with Crippen LogP contribution in [0.25, 0.3) is 0 Å². The Morgan fingerprint density at radius 1 is 0.972 bits per heavy atom. The molecule has 10 heteroatoms. The van der Waals surface area contributed by atoms with E-state index in [1.54, 1.807) is 55.6 Å². The smallest absolute Gasteiger partial charge is 0.264 e. The Labute approximate surface area is 220 Å². The summed E-state index contributed by atoms with van der Waals surface area (Å²) in [6, 6.07) is 17.8. The van der Waals surface area contributed by atoms with Gasteiger partial charge in [0.05, 0.1) is 37.5 Å². The molecule has 0 heterocycles. The van der Waals surface area contributed by atoms with Crippen molar-refractivity contribution in [2.75, 3.05) is 31.7 Å². The van der Waals surface area contributed by atoms with Crippen LogP contribution in [-0.4, -0.2) is 41.7 Å². The maximum atomic E-state index is 13.6. The largest absolute Gasteiger partial charge is 0.494 e. The van der Waals surface area contributed by atoms with E-state index < -0.39 is 28.5 Å². The second-order valence-electron chi connectivity index (χ2n) is 7.80. The summed E-state index contributed by atoms with van der Waals surface area (Å²) in [5.41, 5.74) is 1.12. The van der Waals surface area contributed by atoms with Crippen LogP contribution in [0.5, 0.6) is 17.2 Å². The van der Waals surface area contributed by atoms with E-state index >= 15 is 0 Å².